The van der Waals surface area contributed by atoms with Crippen LogP contribution >= 0.6 is 0 Å². The zero-order chi connectivity index (χ0) is 26.3. The number of terminal acetylenes is 1. The fourth-order valence-electron chi connectivity index (χ4n) is 4.80. The molecule has 2 N–H and O–H groups in total. The van der Waals surface area contributed by atoms with Crippen molar-refractivity contribution in [2.75, 3.05) is 26.2 Å². The number of nitrogens with zero attached hydrogens (tertiary/aromatic N) is 2. The lowest BCUT2D eigenvalue weighted by Gasteiger charge is -2.39. The van der Waals surface area contributed by atoms with Crippen LogP contribution in [0.4, 0.5) is 4.39 Å². The second-order valence-electron chi connectivity index (χ2n) is 9.54. The summed E-state index contributed by atoms with van der Waals surface area (Å²) in [6, 6.07) is 13.5. The van der Waals surface area contributed by atoms with Gasteiger partial charge in [0.1, 0.15) is 17.5 Å². The number of hydrogen-bond donors (Lipinski definition) is 1. The summed E-state index contributed by atoms with van der Waals surface area (Å²) >= 11 is 0. The number of hydrogen-bond acceptors (Lipinski definition) is 4. The quantitative estimate of drug-likeness (QED) is 0.509. The lowest BCUT2D eigenvalue weighted by atomic mass is 9.85. The van der Waals surface area contributed by atoms with E-state index in [2.05, 4.69) is 60.2 Å². The van der Waals surface area contributed by atoms with Gasteiger partial charge in [0.05, 0.1) is 6.54 Å². The van der Waals surface area contributed by atoms with Crippen LogP contribution in [0, 0.1) is 19.3 Å². The minimum Gasteiger partial charge on any atom is -0.488 e. The van der Waals surface area contributed by atoms with Crippen molar-refractivity contribution in [3.05, 3.63) is 96.4 Å². The van der Waals surface area contributed by atoms with Crippen molar-refractivity contribution in [3.8, 4) is 18.1 Å². The van der Waals surface area contributed by atoms with Gasteiger partial charge < -0.3 is 20.3 Å². The van der Waals surface area contributed by atoms with E-state index in [1.54, 1.807) is 0 Å². The fraction of sp³-hybridized carbons (Fsp3) is 0.355. The molecule has 0 aliphatic carbocycles. The Hall–Kier alpha value is -3.65. The lowest BCUT2D eigenvalue weighted by molar-refractivity contribution is 0.0794. The summed E-state index contributed by atoms with van der Waals surface area (Å²) in [5, 5.41) is 0. The highest BCUT2D eigenvalue weighted by Crippen LogP contribution is 2.39. The number of allylic oxidation sites excluding steroid dienone is 1. The molecule has 190 valence electrons. The molecule has 5 heteroatoms. The van der Waals surface area contributed by atoms with Crippen LogP contribution in [-0.2, 0) is 5.67 Å². The normalized spacial score (nSPS) is 18.4. The first-order chi connectivity index (χ1) is 17.2. The van der Waals surface area contributed by atoms with Gasteiger partial charge in [0.2, 0.25) is 0 Å². The maximum atomic E-state index is 15.7. The molecule has 1 unspecified atom stereocenters. The number of piperidine rings is 1. The summed E-state index contributed by atoms with van der Waals surface area (Å²) in [4.78, 5) is 4.45. The van der Waals surface area contributed by atoms with Crippen molar-refractivity contribution in [2.45, 2.75) is 44.9 Å². The number of alkyl halides is 1. The van der Waals surface area contributed by atoms with E-state index in [1.807, 2.05) is 37.3 Å². The van der Waals surface area contributed by atoms with E-state index in [-0.39, 0.29) is 6.10 Å². The Bertz CT molecular complexity index is 1120. The first-order valence-electron chi connectivity index (χ1n) is 12.4. The minimum atomic E-state index is -1.33. The standard InChI is InChI=1S/C29H33FN2O.C2H5N/c1-6-24-8-10-25(11-9-24)29(30)14-17-31(18-15-29)23(5)28-19-26(12-7-22(28)4)33-27-13-16-32(20-27)21(2)3;1-2-3/h1,7-12,19,27H,2,5,13-18,20H2,3-4H3;2H,1,3H2. The van der Waals surface area contributed by atoms with Crippen molar-refractivity contribution < 1.29 is 9.13 Å². The summed E-state index contributed by atoms with van der Waals surface area (Å²) in [5.41, 5.74) is 8.98. The van der Waals surface area contributed by atoms with E-state index in [9.17, 15) is 0 Å². The Morgan fingerprint density at radius 1 is 1.14 bits per heavy atom. The summed E-state index contributed by atoms with van der Waals surface area (Å²) in [5.74, 6) is 3.45. The number of likely N-dealkylation sites (tertiary alicyclic amines) is 2. The molecule has 0 spiro atoms. The van der Waals surface area contributed by atoms with E-state index in [1.165, 1.54) is 6.20 Å². The van der Waals surface area contributed by atoms with Crippen LogP contribution in [0.25, 0.3) is 5.70 Å². The Morgan fingerprint density at radius 3 is 2.33 bits per heavy atom. The summed E-state index contributed by atoms with van der Waals surface area (Å²) in [6.45, 7) is 18.7. The number of aryl methyl sites for hydroxylation is 1. The molecule has 4 rings (SSSR count). The molecular weight excluding hydrogens is 449 g/mol. The van der Waals surface area contributed by atoms with Crippen molar-refractivity contribution in [1.82, 2.24) is 9.80 Å². The highest BCUT2D eigenvalue weighted by Gasteiger charge is 2.36. The molecule has 2 aromatic carbocycles. The highest BCUT2D eigenvalue weighted by atomic mass is 19.1. The first kappa shape index (κ1) is 26.9. The second-order valence-corrected chi connectivity index (χ2v) is 9.54. The number of benzene rings is 2. The third-order valence-corrected chi connectivity index (χ3v) is 7.01. The number of nitrogens with two attached hydrogens (primary N) is 1. The molecule has 1 atom stereocenters. The maximum Gasteiger partial charge on any atom is 0.139 e. The van der Waals surface area contributed by atoms with Gasteiger partial charge in [-0.15, -0.1) is 6.42 Å². The van der Waals surface area contributed by atoms with Crippen LogP contribution in [0.3, 0.4) is 0 Å². The predicted octanol–water partition coefficient (Wildman–Crippen LogP) is 5.98. The first-order valence-corrected chi connectivity index (χ1v) is 12.4. The molecule has 0 bridgehead atoms. The van der Waals surface area contributed by atoms with Gasteiger partial charge in [0, 0.05) is 61.4 Å². The zero-order valence-electron chi connectivity index (χ0n) is 21.6. The molecule has 2 saturated heterocycles. The zero-order valence-corrected chi connectivity index (χ0v) is 21.6. The third kappa shape index (κ3) is 6.31. The molecule has 2 aliphatic heterocycles. The lowest BCUT2D eigenvalue weighted by Crippen LogP contribution is -2.39. The molecule has 2 heterocycles. The molecule has 2 aromatic rings. The van der Waals surface area contributed by atoms with Gasteiger partial charge in [-0.2, -0.15) is 0 Å². The molecule has 0 radical (unpaired) electrons. The Morgan fingerprint density at radius 2 is 1.78 bits per heavy atom. The van der Waals surface area contributed by atoms with Crippen LogP contribution in [0.5, 0.6) is 5.75 Å². The van der Waals surface area contributed by atoms with Crippen LogP contribution < -0.4 is 10.5 Å². The summed E-state index contributed by atoms with van der Waals surface area (Å²) < 4.78 is 22.0. The fourth-order valence-corrected chi connectivity index (χ4v) is 4.80. The average Bonchev–Trinajstić information content (AvgIpc) is 3.35. The van der Waals surface area contributed by atoms with E-state index in [4.69, 9.17) is 11.2 Å². The van der Waals surface area contributed by atoms with Gasteiger partial charge >= 0.3 is 0 Å². The van der Waals surface area contributed by atoms with Crippen LogP contribution in [0.1, 0.15) is 48.4 Å². The molecule has 2 aliphatic rings. The predicted molar refractivity (Wildman–Crippen MR) is 148 cm³/mol. The monoisotopic (exact) mass is 487 g/mol. The Balaban J connectivity index is 0.00000115. The van der Waals surface area contributed by atoms with Crippen LogP contribution in [-0.4, -0.2) is 42.1 Å². The Kier molecular flexibility index (Phi) is 8.88. The smallest absolute Gasteiger partial charge is 0.139 e. The van der Waals surface area contributed by atoms with Gasteiger partial charge in [-0.05, 0) is 55.4 Å². The SMILES string of the molecule is C#Cc1ccc(C2(F)CCN(C(=C)c3cc(OC4CCN(C(=C)C)C4)ccc3C)CC2)cc1.C=CN. The average molecular weight is 488 g/mol. The van der Waals surface area contributed by atoms with E-state index < -0.39 is 5.67 Å². The molecule has 2 fully saturated rings. The topological polar surface area (TPSA) is 41.7 Å². The second kappa shape index (κ2) is 11.9. The number of rotatable bonds is 6. The molecule has 0 saturated carbocycles. The molecule has 0 aromatic heterocycles. The van der Waals surface area contributed by atoms with Gasteiger partial charge in [-0.3, -0.25) is 0 Å². The molecular formula is C31H38FN3O. The summed E-state index contributed by atoms with van der Waals surface area (Å²) in [7, 11) is 0. The number of halogens is 1. The maximum absolute atomic E-state index is 15.7. The Labute approximate surface area is 215 Å². The van der Waals surface area contributed by atoms with Crippen molar-refractivity contribution in [2.24, 2.45) is 5.73 Å². The molecule has 0 amide bonds. The van der Waals surface area contributed by atoms with E-state index in [0.29, 0.717) is 31.5 Å². The number of ether oxygens (including phenoxy) is 1. The highest BCUT2D eigenvalue weighted by molar-refractivity contribution is 5.66. The third-order valence-electron chi connectivity index (χ3n) is 7.01. The van der Waals surface area contributed by atoms with E-state index >= 15 is 4.39 Å². The van der Waals surface area contributed by atoms with Gasteiger partial charge in [-0.25, -0.2) is 4.39 Å². The molecule has 36 heavy (non-hydrogen) atoms. The minimum absolute atomic E-state index is 0.161. The van der Waals surface area contributed by atoms with Crippen LogP contribution in [0.15, 0.2) is 74.1 Å². The van der Waals surface area contributed by atoms with Crippen molar-refractivity contribution in [3.63, 3.8) is 0 Å². The van der Waals surface area contributed by atoms with Crippen LogP contribution in [0.2, 0.25) is 0 Å². The largest absolute Gasteiger partial charge is 0.488 e. The molecule has 4 nitrogen and oxygen atoms in total. The van der Waals surface area contributed by atoms with Gasteiger partial charge in [-0.1, -0.05) is 43.9 Å². The van der Waals surface area contributed by atoms with Gasteiger partial charge in [0.15, 0.2) is 0 Å². The van der Waals surface area contributed by atoms with Crippen molar-refractivity contribution >= 4 is 5.70 Å². The van der Waals surface area contributed by atoms with Crippen molar-refractivity contribution in [1.29, 1.82) is 0 Å². The van der Waals surface area contributed by atoms with E-state index in [0.717, 1.165) is 53.3 Å². The summed E-state index contributed by atoms with van der Waals surface area (Å²) in [6.07, 6.45) is 8.68. The van der Waals surface area contributed by atoms with Gasteiger partial charge in [0.25, 0.3) is 0 Å².